The van der Waals surface area contributed by atoms with Crippen molar-refractivity contribution >= 4 is 65.2 Å². The zero-order chi connectivity index (χ0) is 53.1. The Morgan fingerprint density at radius 3 is 1.52 bits per heavy atom. The summed E-state index contributed by atoms with van der Waals surface area (Å²) in [5, 5.41) is 13.6. The number of imide groups is 2. The molecule has 2 saturated heterocycles. The highest BCUT2D eigenvalue weighted by molar-refractivity contribution is 7.99. The van der Waals surface area contributed by atoms with Crippen LogP contribution in [0.25, 0.3) is 0 Å². The van der Waals surface area contributed by atoms with E-state index in [1.807, 2.05) is 0 Å². The predicted octanol–water partition coefficient (Wildman–Crippen LogP) is 4.77. The zero-order valence-electron chi connectivity index (χ0n) is 40.1. The highest BCUT2D eigenvalue weighted by Crippen LogP contribution is 2.46. The lowest BCUT2D eigenvalue weighted by Crippen LogP contribution is -2.77. The van der Waals surface area contributed by atoms with Crippen LogP contribution < -0.4 is 0 Å². The number of carbonyl (C=O) groups is 9. The fraction of sp³-hybridized carbons (Fsp3) is 0.278. The second-order valence-corrected chi connectivity index (χ2v) is 18.7. The van der Waals surface area contributed by atoms with Crippen LogP contribution in [0.15, 0.2) is 144 Å². The molecule has 0 unspecified atom stereocenters. The van der Waals surface area contributed by atoms with E-state index in [-0.39, 0.29) is 33.4 Å². The van der Waals surface area contributed by atoms with Gasteiger partial charge in [-0.2, -0.15) is 0 Å². The van der Waals surface area contributed by atoms with Crippen LogP contribution in [0.5, 0.6) is 0 Å². The van der Waals surface area contributed by atoms with Crippen molar-refractivity contribution in [1.82, 2.24) is 9.80 Å². The zero-order valence-corrected chi connectivity index (χ0v) is 40.9. The van der Waals surface area contributed by atoms with Crippen LogP contribution in [0.3, 0.4) is 0 Å². The summed E-state index contributed by atoms with van der Waals surface area (Å²) in [7, 11) is 0. The Morgan fingerprint density at radius 1 is 0.533 bits per heavy atom. The van der Waals surface area contributed by atoms with E-state index < -0.39 is 127 Å². The fourth-order valence-electron chi connectivity index (χ4n) is 9.31. The summed E-state index contributed by atoms with van der Waals surface area (Å²) in [6.45, 7) is 1.36. The molecule has 0 spiro atoms. The van der Waals surface area contributed by atoms with Gasteiger partial charge in [0.1, 0.15) is 43.0 Å². The number of ether oxygens (including phenoxy) is 8. The standard InChI is InChI=1S/C54H46N2O18S/c1-29(57)67-27-40-43(69-30(2)58)45(70-31(3)59)54(66,56-48(62)37-25-15-16-26-38(37)49(56)63)53(72-40)74-42-39(28-68-50(64)32-17-7-4-8-18-32)71-52(75-34-21-11-6-12-22-34)41(44(42)73-51(65)33-19-9-5-10-20-33)55-46(60)35-23-13-14-24-36(35)47(55)61/h4-26,39-45,52-53,66H,27-28H2,1-3H3/t39-,40-,41-,42-,43-,44-,45+,52+,53+,54-/m1/s1. The maximum atomic E-state index is 14.8. The molecule has 2 fully saturated rings. The summed E-state index contributed by atoms with van der Waals surface area (Å²) in [4.78, 5) is 127. The number of rotatable bonds is 15. The minimum atomic E-state index is -3.41. The Kier molecular flexibility index (Phi) is 15.1. The van der Waals surface area contributed by atoms with E-state index in [4.69, 9.17) is 37.9 Å². The molecule has 0 bridgehead atoms. The molecule has 1 N–H and O–H groups in total. The molecule has 4 heterocycles. The quantitative estimate of drug-likeness (QED) is 0.0841. The van der Waals surface area contributed by atoms with Gasteiger partial charge in [0.05, 0.1) is 33.4 Å². The van der Waals surface area contributed by atoms with Crippen molar-refractivity contribution in [3.8, 4) is 0 Å². The maximum absolute atomic E-state index is 14.8. The third-order valence-corrected chi connectivity index (χ3v) is 13.7. The SMILES string of the molecule is CC(=O)OC[C@H]1O[C@@H](O[C@H]2[C@H](OC(=O)c3ccccc3)[C@@H](N3C(=O)c4ccccc4C3=O)[C@H](Sc3ccccc3)O[C@@H]2COC(=O)c2ccccc2)[C@@](O)(N2C(=O)c3ccccc3C2=O)[C@@H](OC(C)=O)[C@@H]1OC(C)=O. The maximum Gasteiger partial charge on any atom is 0.338 e. The average Bonchev–Trinajstić information content (AvgIpc) is 3.82. The van der Waals surface area contributed by atoms with Gasteiger partial charge in [0.15, 0.2) is 18.3 Å². The number of nitrogens with zero attached hydrogens (tertiary/aromatic N) is 2. The van der Waals surface area contributed by atoms with Crippen molar-refractivity contribution < 1.29 is 86.2 Å². The first-order valence-electron chi connectivity index (χ1n) is 23.4. The van der Waals surface area contributed by atoms with Gasteiger partial charge in [0.2, 0.25) is 12.0 Å². The first-order chi connectivity index (χ1) is 36.1. The van der Waals surface area contributed by atoms with Crippen LogP contribution in [0.4, 0.5) is 0 Å². The van der Waals surface area contributed by atoms with Crippen molar-refractivity contribution in [2.75, 3.05) is 13.2 Å². The van der Waals surface area contributed by atoms with Crippen LogP contribution in [0, 0.1) is 0 Å². The molecular weight excluding hydrogens is 997 g/mol. The summed E-state index contributed by atoms with van der Waals surface area (Å²) in [6.07, 6.45) is -14.3. The van der Waals surface area contributed by atoms with E-state index in [9.17, 15) is 48.3 Å². The third kappa shape index (κ3) is 10.3. The van der Waals surface area contributed by atoms with Crippen molar-refractivity contribution in [3.63, 3.8) is 0 Å². The van der Waals surface area contributed by atoms with Gasteiger partial charge in [0.25, 0.3) is 23.6 Å². The monoisotopic (exact) mass is 1040 g/mol. The third-order valence-electron chi connectivity index (χ3n) is 12.6. The molecule has 20 nitrogen and oxygen atoms in total. The summed E-state index contributed by atoms with van der Waals surface area (Å²) < 4.78 is 49.1. The van der Waals surface area contributed by atoms with Crippen LogP contribution in [-0.2, 0) is 52.3 Å². The molecule has 9 rings (SSSR count). The Balaban J connectivity index is 1.26. The Labute approximate surface area is 431 Å². The summed E-state index contributed by atoms with van der Waals surface area (Å²) in [5.74, 6) is -9.00. The Hall–Kier alpha value is -8.08. The van der Waals surface area contributed by atoms with E-state index in [1.165, 1.54) is 60.7 Å². The molecule has 5 aromatic rings. The van der Waals surface area contributed by atoms with Gasteiger partial charge in [-0.25, -0.2) is 14.5 Å². The summed E-state index contributed by atoms with van der Waals surface area (Å²) in [5.41, 5.74) is -5.23. The first kappa shape index (κ1) is 51.8. The second kappa shape index (κ2) is 21.8. The highest BCUT2D eigenvalue weighted by atomic mass is 32.2. The lowest BCUT2D eigenvalue weighted by molar-refractivity contribution is -0.386. The van der Waals surface area contributed by atoms with E-state index in [0.29, 0.717) is 9.80 Å². The molecule has 386 valence electrons. The minimum absolute atomic E-state index is 0.0138. The minimum Gasteiger partial charge on any atom is -0.463 e. The van der Waals surface area contributed by atoms with E-state index in [1.54, 1.807) is 78.9 Å². The molecule has 0 aliphatic carbocycles. The molecule has 0 saturated carbocycles. The Morgan fingerprint density at radius 2 is 1.00 bits per heavy atom. The van der Waals surface area contributed by atoms with Gasteiger partial charge in [-0.15, -0.1) is 0 Å². The second-order valence-electron chi connectivity index (χ2n) is 17.5. The number of thioether (sulfide) groups is 1. The Bertz CT molecular complexity index is 2980. The number of hydrogen-bond acceptors (Lipinski definition) is 19. The van der Waals surface area contributed by atoms with E-state index in [2.05, 4.69) is 0 Å². The topological polar surface area (TPSA) is 254 Å². The van der Waals surface area contributed by atoms with Gasteiger partial charge in [-0.1, -0.05) is 90.6 Å². The molecule has 4 amide bonds. The van der Waals surface area contributed by atoms with Gasteiger partial charge in [0, 0.05) is 25.7 Å². The van der Waals surface area contributed by atoms with E-state index in [0.717, 1.165) is 37.4 Å². The number of aliphatic hydroxyl groups is 1. The molecule has 5 aromatic carbocycles. The molecule has 0 aromatic heterocycles. The van der Waals surface area contributed by atoms with Gasteiger partial charge >= 0.3 is 29.8 Å². The highest BCUT2D eigenvalue weighted by Gasteiger charge is 2.69. The lowest BCUT2D eigenvalue weighted by atomic mass is 9.90. The summed E-state index contributed by atoms with van der Waals surface area (Å²) >= 11 is 1.000. The van der Waals surface area contributed by atoms with Gasteiger partial charge in [-0.05, 0) is 60.7 Å². The van der Waals surface area contributed by atoms with E-state index >= 15 is 0 Å². The van der Waals surface area contributed by atoms with Crippen molar-refractivity contribution in [3.05, 3.63) is 173 Å². The van der Waals surface area contributed by atoms with Crippen LogP contribution >= 0.6 is 11.8 Å². The van der Waals surface area contributed by atoms with Crippen LogP contribution in [-0.4, -0.2) is 142 Å². The molecule has 4 aliphatic heterocycles. The average molecular weight is 1040 g/mol. The smallest absolute Gasteiger partial charge is 0.338 e. The summed E-state index contributed by atoms with van der Waals surface area (Å²) in [6, 6.07) is 33.7. The molecule has 10 atom stereocenters. The first-order valence-corrected chi connectivity index (χ1v) is 24.3. The van der Waals surface area contributed by atoms with Crippen LogP contribution in [0.1, 0.15) is 82.9 Å². The normalized spacial score (nSPS) is 25.9. The van der Waals surface area contributed by atoms with Crippen molar-refractivity contribution in [2.45, 2.75) is 85.8 Å². The number of carbonyl (C=O) groups excluding carboxylic acids is 9. The van der Waals surface area contributed by atoms with Crippen molar-refractivity contribution in [1.29, 1.82) is 0 Å². The molecule has 21 heteroatoms. The molecular formula is C54H46N2O18S. The van der Waals surface area contributed by atoms with Crippen LogP contribution in [0.2, 0.25) is 0 Å². The van der Waals surface area contributed by atoms with Gasteiger partial charge < -0.3 is 43.0 Å². The van der Waals surface area contributed by atoms with Crippen molar-refractivity contribution in [2.24, 2.45) is 0 Å². The predicted molar refractivity (Wildman–Crippen MR) is 257 cm³/mol. The molecule has 0 radical (unpaired) electrons. The number of benzene rings is 5. The lowest BCUT2D eigenvalue weighted by Gasteiger charge is -2.54. The number of esters is 5. The van der Waals surface area contributed by atoms with Gasteiger partial charge in [-0.3, -0.25) is 38.5 Å². The molecule has 75 heavy (non-hydrogen) atoms. The fourth-order valence-corrected chi connectivity index (χ4v) is 10.5. The largest absolute Gasteiger partial charge is 0.463 e. The molecule has 4 aliphatic rings. The number of amides is 4. The number of fused-ring (bicyclic) bond motifs is 2. The number of hydrogen-bond donors (Lipinski definition) is 1.